The molecule has 35 heavy (non-hydrogen) atoms. The van der Waals surface area contributed by atoms with Gasteiger partial charge in [0.2, 0.25) is 0 Å². The van der Waals surface area contributed by atoms with Crippen LogP contribution in [-0.4, -0.2) is 19.4 Å². The van der Waals surface area contributed by atoms with E-state index in [4.69, 9.17) is 9.97 Å². The molecule has 0 saturated carbocycles. The van der Waals surface area contributed by atoms with Crippen molar-refractivity contribution in [2.24, 2.45) is 0 Å². The fourth-order valence-electron chi connectivity index (χ4n) is 6.46. The monoisotopic (exact) mass is 446 g/mol. The highest BCUT2D eigenvalue weighted by Gasteiger charge is 2.28. The van der Waals surface area contributed by atoms with Crippen molar-refractivity contribution in [3.05, 3.63) is 108 Å². The molecule has 4 nitrogen and oxygen atoms in total. The second kappa shape index (κ2) is 6.10. The molecule has 3 aromatic carbocycles. The molecule has 0 radical (unpaired) electrons. The third-order valence-electron chi connectivity index (χ3n) is 7.94. The van der Waals surface area contributed by atoms with Gasteiger partial charge in [0.1, 0.15) is 5.65 Å². The molecule has 0 fully saturated rings. The average Bonchev–Trinajstić information content (AvgIpc) is 3.58. The molecular weight excluding hydrogens is 428 g/mol. The first-order valence-electron chi connectivity index (χ1n) is 12.0. The number of pyridine rings is 3. The largest absolute Gasteiger partial charge is 0.290 e. The summed E-state index contributed by atoms with van der Waals surface area (Å²) in [6.45, 7) is 0. The van der Waals surface area contributed by atoms with Crippen molar-refractivity contribution in [3.8, 4) is 22.3 Å². The summed E-state index contributed by atoms with van der Waals surface area (Å²) in [6, 6.07) is 24.4. The predicted molar refractivity (Wildman–Crippen MR) is 140 cm³/mol. The number of hydrogen-bond donors (Lipinski definition) is 0. The number of fused-ring (bicyclic) bond motifs is 15. The Bertz CT molecular complexity index is 2070. The van der Waals surface area contributed by atoms with Crippen LogP contribution in [-0.2, 0) is 12.8 Å². The zero-order valence-electron chi connectivity index (χ0n) is 18.8. The minimum atomic E-state index is 0.918. The van der Waals surface area contributed by atoms with Crippen molar-refractivity contribution in [1.82, 2.24) is 19.4 Å². The zero-order valence-corrected chi connectivity index (χ0v) is 18.8. The topological polar surface area (TPSA) is 43.1 Å². The molecule has 9 rings (SSSR count). The number of rotatable bonds is 0. The van der Waals surface area contributed by atoms with Crippen molar-refractivity contribution < 1.29 is 0 Å². The molecule has 2 aliphatic carbocycles. The van der Waals surface area contributed by atoms with Crippen LogP contribution in [0.1, 0.15) is 22.3 Å². The van der Waals surface area contributed by atoms with Gasteiger partial charge >= 0.3 is 0 Å². The van der Waals surface area contributed by atoms with Gasteiger partial charge in [-0.2, -0.15) is 0 Å². The molecule has 7 aromatic rings. The highest BCUT2D eigenvalue weighted by molar-refractivity contribution is 6.12. The minimum Gasteiger partial charge on any atom is -0.290 e. The van der Waals surface area contributed by atoms with Gasteiger partial charge in [0.25, 0.3) is 0 Å². The lowest BCUT2D eigenvalue weighted by Gasteiger charge is -2.09. The Morgan fingerprint density at radius 1 is 0.686 bits per heavy atom. The molecule has 4 aromatic heterocycles. The molecule has 0 atom stereocenters. The second-order valence-corrected chi connectivity index (χ2v) is 9.70. The molecule has 0 unspecified atom stereocenters. The van der Waals surface area contributed by atoms with Gasteiger partial charge in [-0.1, -0.05) is 30.3 Å². The Kier molecular flexibility index (Phi) is 3.11. The van der Waals surface area contributed by atoms with Crippen LogP contribution in [0.3, 0.4) is 0 Å². The summed E-state index contributed by atoms with van der Waals surface area (Å²) in [7, 11) is 0. The van der Waals surface area contributed by atoms with Gasteiger partial charge in [-0.05, 0) is 87.3 Å². The number of nitrogens with zero attached hydrogens (tertiary/aromatic N) is 4. The van der Waals surface area contributed by atoms with Crippen molar-refractivity contribution in [3.63, 3.8) is 0 Å². The van der Waals surface area contributed by atoms with Gasteiger partial charge in [0, 0.05) is 35.8 Å². The molecule has 2 aliphatic rings. The Morgan fingerprint density at radius 2 is 1.57 bits per heavy atom. The van der Waals surface area contributed by atoms with E-state index in [1.807, 2.05) is 24.7 Å². The maximum atomic E-state index is 5.13. The van der Waals surface area contributed by atoms with Crippen LogP contribution in [0.5, 0.6) is 0 Å². The number of benzene rings is 3. The molecule has 4 heterocycles. The van der Waals surface area contributed by atoms with Crippen LogP contribution in [0.4, 0.5) is 0 Å². The highest BCUT2D eigenvalue weighted by Crippen LogP contribution is 2.46. The Balaban J connectivity index is 1.38. The molecule has 4 heteroatoms. The van der Waals surface area contributed by atoms with Crippen LogP contribution in [0.2, 0.25) is 0 Å². The highest BCUT2D eigenvalue weighted by atomic mass is 15.0. The molecule has 0 spiro atoms. The summed E-state index contributed by atoms with van der Waals surface area (Å²) in [5.74, 6) is 0. The van der Waals surface area contributed by atoms with Crippen LogP contribution in [0, 0.1) is 0 Å². The standard InChI is InChI=1S/C31H18N4/c1-2-5-20-17(4-1)12-18-13-24-19(14-23(18)20)15-25-21(24)7-8-27-30(25)35-28-6-3-10-33-29(28)26-16-32-11-9-22(26)31(35)34-27/h1-11,13-14,16H,12,15H2. The summed E-state index contributed by atoms with van der Waals surface area (Å²) >= 11 is 0. The van der Waals surface area contributed by atoms with E-state index in [2.05, 4.69) is 70.0 Å². The first-order valence-corrected chi connectivity index (χ1v) is 12.0. The molecular formula is C31H18N4. The summed E-state index contributed by atoms with van der Waals surface area (Å²) in [5, 5.41) is 2.13. The summed E-state index contributed by atoms with van der Waals surface area (Å²) in [4.78, 5) is 14.3. The maximum absolute atomic E-state index is 5.13. The third-order valence-corrected chi connectivity index (χ3v) is 7.94. The van der Waals surface area contributed by atoms with E-state index in [0.717, 1.165) is 45.8 Å². The maximum Gasteiger partial charge on any atom is 0.146 e. The van der Waals surface area contributed by atoms with Gasteiger partial charge in [0.05, 0.1) is 22.1 Å². The normalized spacial score (nSPS) is 13.5. The van der Waals surface area contributed by atoms with Crippen molar-refractivity contribution in [2.45, 2.75) is 12.8 Å². The average molecular weight is 447 g/mol. The van der Waals surface area contributed by atoms with E-state index >= 15 is 0 Å². The van der Waals surface area contributed by atoms with E-state index in [9.17, 15) is 0 Å². The van der Waals surface area contributed by atoms with Crippen molar-refractivity contribution in [1.29, 1.82) is 0 Å². The lowest BCUT2D eigenvalue weighted by Crippen LogP contribution is -1.95. The van der Waals surface area contributed by atoms with E-state index < -0.39 is 0 Å². The summed E-state index contributed by atoms with van der Waals surface area (Å²) in [6.07, 6.45) is 7.54. The summed E-state index contributed by atoms with van der Waals surface area (Å²) < 4.78 is 2.33. The van der Waals surface area contributed by atoms with E-state index in [0.29, 0.717) is 0 Å². The molecule has 0 N–H and O–H groups in total. The van der Waals surface area contributed by atoms with Crippen LogP contribution < -0.4 is 0 Å². The minimum absolute atomic E-state index is 0.918. The number of imidazole rings is 1. The quantitative estimate of drug-likeness (QED) is 0.243. The third kappa shape index (κ3) is 2.15. The molecule has 162 valence electrons. The molecule has 0 aliphatic heterocycles. The second-order valence-electron chi connectivity index (χ2n) is 9.70. The van der Waals surface area contributed by atoms with Crippen molar-refractivity contribution >= 4 is 38.5 Å². The van der Waals surface area contributed by atoms with Gasteiger partial charge < -0.3 is 0 Å². The van der Waals surface area contributed by atoms with E-state index in [1.54, 1.807) is 0 Å². The molecule has 0 amide bonds. The zero-order chi connectivity index (χ0) is 22.7. The Labute approximate surface area is 200 Å². The van der Waals surface area contributed by atoms with Gasteiger partial charge in [-0.15, -0.1) is 0 Å². The van der Waals surface area contributed by atoms with Crippen LogP contribution >= 0.6 is 0 Å². The number of aromatic nitrogens is 4. The van der Waals surface area contributed by atoms with Gasteiger partial charge in [-0.3, -0.25) is 14.4 Å². The first-order chi connectivity index (χ1) is 17.3. The SMILES string of the molecule is c1ccc2c(c1)Cc1cc3c(cc1-2)Cc1c-3ccc2nc3c4ccncc4c4ncccc4n3c12. The number of hydrogen-bond acceptors (Lipinski definition) is 3. The summed E-state index contributed by atoms with van der Waals surface area (Å²) in [5.41, 5.74) is 16.4. The van der Waals surface area contributed by atoms with Gasteiger partial charge in [0.15, 0.2) is 0 Å². The fourth-order valence-corrected chi connectivity index (χ4v) is 6.46. The van der Waals surface area contributed by atoms with Crippen LogP contribution in [0.25, 0.3) is 60.7 Å². The van der Waals surface area contributed by atoms with Gasteiger partial charge in [-0.25, -0.2) is 4.98 Å². The lowest BCUT2D eigenvalue weighted by molar-refractivity contribution is 1.22. The van der Waals surface area contributed by atoms with E-state index in [1.165, 1.54) is 50.0 Å². The van der Waals surface area contributed by atoms with Crippen molar-refractivity contribution in [2.75, 3.05) is 0 Å². The predicted octanol–water partition coefficient (Wildman–Crippen LogP) is 6.73. The molecule has 0 bridgehead atoms. The fraction of sp³-hybridized carbons (Fsp3) is 0.0645. The smallest absolute Gasteiger partial charge is 0.146 e. The molecule has 0 saturated heterocycles. The van der Waals surface area contributed by atoms with Crippen LogP contribution in [0.15, 0.2) is 85.3 Å². The van der Waals surface area contributed by atoms with E-state index in [-0.39, 0.29) is 0 Å². The first kappa shape index (κ1) is 17.8. The Hall–Kier alpha value is -4.57. The lowest BCUT2D eigenvalue weighted by atomic mass is 9.98. The Morgan fingerprint density at radius 3 is 2.54 bits per heavy atom.